The molecule has 0 aliphatic carbocycles. The van der Waals surface area contributed by atoms with Gasteiger partial charge in [-0.15, -0.1) is 11.3 Å². The van der Waals surface area contributed by atoms with Crippen LogP contribution in [0.5, 0.6) is 0 Å². The normalized spacial score (nSPS) is 11.3. The van der Waals surface area contributed by atoms with Gasteiger partial charge >= 0.3 is 5.97 Å². The van der Waals surface area contributed by atoms with Crippen LogP contribution in [0.25, 0.3) is 0 Å². The van der Waals surface area contributed by atoms with E-state index in [4.69, 9.17) is 16.7 Å². The average molecular weight is 347 g/mol. The van der Waals surface area contributed by atoms with Crippen LogP contribution in [0.1, 0.15) is 5.01 Å². The Morgan fingerprint density at radius 2 is 2.19 bits per heavy atom. The highest BCUT2D eigenvalue weighted by atomic mass is 35.5. The zero-order chi connectivity index (χ0) is 15.6. The van der Waals surface area contributed by atoms with Crippen LogP contribution in [-0.2, 0) is 14.8 Å². The van der Waals surface area contributed by atoms with E-state index < -0.39 is 22.5 Å². The third-order valence-electron chi connectivity index (χ3n) is 2.52. The Hall–Kier alpha value is -1.64. The van der Waals surface area contributed by atoms with Gasteiger partial charge in [0.2, 0.25) is 0 Å². The summed E-state index contributed by atoms with van der Waals surface area (Å²) in [5, 5.41) is 9.88. The van der Waals surface area contributed by atoms with Gasteiger partial charge in [0.15, 0.2) is 4.21 Å². The minimum absolute atomic E-state index is 0.0128. The molecule has 0 bridgehead atoms. The van der Waals surface area contributed by atoms with Crippen molar-refractivity contribution in [2.45, 2.75) is 11.1 Å². The molecular weight excluding hydrogens is 336 g/mol. The molecule has 2 aromatic rings. The largest absolute Gasteiger partial charge is 0.480 e. The summed E-state index contributed by atoms with van der Waals surface area (Å²) in [7, 11) is -4.00. The van der Waals surface area contributed by atoms with Crippen molar-refractivity contribution in [1.82, 2.24) is 4.98 Å². The smallest absolute Gasteiger partial charge is 0.324 e. The number of aromatic nitrogens is 1. The van der Waals surface area contributed by atoms with Gasteiger partial charge in [-0.25, -0.2) is 13.4 Å². The molecule has 1 aromatic heterocycles. The Kier molecular flexibility index (Phi) is 4.50. The molecule has 1 N–H and O–H groups in total. The Bertz CT molecular complexity index is 773. The second-order valence-electron chi connectivity index (χ2n) is 4.08. The molecule has 0 unspecified atom stereocenters. The second-order valence-corrected chi connectivity index (χ2v) is 7.84. The molecule has 9 heteroatoms. The first-order chi connectivity index (χ1) is 9.80. The number of aliphatic carboxylic acids is 1. The maximum Gasteiger partial charge on any atom is 0.324 e. The van der Waals surface area contributed by atoms with E-state index >= 15 is 0 Å². The first kappa shape index (κ1) is 15.7. The summed E-state index contributed by atoms with van der Waals surface area (Å²) in [6.07, 6.45) is 1.22. The van der Waals surface area contributed by atoms with Crippen molar-refractivity contribution in [3.05, 3.63) is 40.5 Å². The molecule has 21 heavy (non-hydrogen) atoms. The Labute approximate surface area is 130 Å². The molecule has 0 atom stereocenters. The summed E-state index contributed by atoms with van der Waals surface area (Å²) in [6.45, 7) is 0.976. The number of thiazole rings is 1. The molecule has 0 amide bonds. The molecule has 1 heterocycles. The van der Waals surface area contributed by atoms with Gasteiger partial charge in [0, 0.05) is 5.02 Å². The number of carbonyl (C=O) groups is 1. The van der Waals surface area contributed by atoms with Gasteiger partial charge in [-0.05, 0) is 25.1 Å². The summed E-state index contributed by atoms with van der Waals surface area (Å²) in [5.41, 5.74) is 0.191. The zero-order valence-electron chi connectivity index (χ0n) is 10.9. The van der Waals surface area contributed by atoms with Crippen LogP contribution in [-0.4, -0.2) is 31.0 Å². The number of nitrogens with zero attached hydrogens (tertiary/aromatic N) is 2. The van der Waals surface area contributed by atoms with Crippen LogP contribution in [0, 0.1) is 6.92 Å². The molecule has 0 radical (unpaired) electrons. The van der Waals surface area contributed by atoms with Crippen LogP contribution in [0.4, 0.5) is 5.69 Å². The van der Waals surface area contributed by atoms with Crippen molar-refractivity contribution in [3.63, 3.8) is 0 Å². The third kappa shape index (κ3) is 3.52. The Balaban J connectivity index is 2.52. The van der Waals surface area contributed by atoms with Crippen LogP contribution >= 0.6 is 22.9 Å². The molecule has 2 rings (SSSR count). The lowest BCUT2D eigenvalue weighted by atomic mass is 10.3. The third-order valence-corrected chi connectivity index (χ3v) is 5.88. The fourth-order valence-electron chi connectivity index (χ4n) is 1.64. The van der Waals surface area contributed by atoms with Gasteiger partial charge < -0.3 is 5.11 Å². The van der Waals surface area contributed by atoms with Crippen LogP contribution in [0.15, 0.2) is 34.7 Å². The molecule has 0 aliphatic rings. The minimum Gasteiger partial charge on any atom is -0.480 e. The maximum absolute atomic E-state index is 12.6. The van der Waals surface area contributed by atoms with E-state index in [-0.39, 0.29) is 9.90 Å². The lowest BCUT2D eigenvalue weighted by Gasteiger charge is -2.21. The highest BCUT2D eigenvalue weighted by molar-refractivity contribution is 7.94. The number of halogens is 1. The molecule has 0 fully saturated rings. The summed E-state index contributed by atoms with van der Waals surface area (Å²) in [4.78, 5) is 14.9. The molecule has 1 aromatic carbocycles. The lowest BCUT2D eigenvalue weighted by molar-refractivity contribution is -0.135. The number of hydrogen-bond acceptors (Lipinski definition) is 5. The maximum atomic E-state index is 12.6. The minimum atomic E-state index is -4.00. The standard InChI is InChI=1S/C12H11ClN2O4S2/c1-8-14-6-12(20-8)21(18,19)15(7-11(16)17)10-4-2-3-9(13)5-10/h2-6H,7H2,1H3,(H,16,17). The molecular formula is C12H11ClN2O4S2. The lowest BCUT2D eigenvalue weighted by Crippen LogP contribution is -2.35. The van der Waals surface area contributed by atoms with Crippen molar-refractivity contribution in [2.24, 2.45) is 0 Å². The van der Waals surface area contributed by atoms with E-state index in [1.807, 2.05) is 0 Å². The van der Waals surface area contributed by atoms with E-state index in [9.17, 15) is 13.2 Å². The number of hydrogen-bond donors (Lipinski definition) is 1. The van der Waals surface area contributed by atoms with Gasteiger partial charge in [0.05, 0.1) is 16.9 Å². The molecule has 0 aliphatic heterocycles. The molecule has 0 spiro atoms. The van der Waals surface area contributed by atoms with Crippen molar-refractivity contribution < 1.29 is 18.3 Å². The van der Waals surface area contributed by atoms with E-state index in [2.05, 4.69) is 4.98 Å². The number of carboxylic acid groups (broad SMARTS) is 1. The number of carboxylic acids is 1. The summed E-state index contributed by atoms with van der Waals surface area (Å²) in [5.74, 6) is -1.26. The fourth-order valence-corrected chi connectivity index (χ4v) is 4.45. The van der Waals surface area contributed by atoms with Crippen molar-refractivity contribution in [2.75, 3.05) is 10.8 Å². The van der Waals surface area contributed by atoms with Gasteiger partial charge in [-0.1, -0.05) is 17.7 Å². The summed E-state index contributed by atoms with van der Waals surface area (Å²) in [6, 6.07) is 6.02. The summed E-state index contributed by atoms with van der Waals surface area (Å²) >= 11 is 6.83. The molecule has 0 saturated carbocycles. The van der Waals surface area contributed by atoms with Gasteiger partial charge in [-0.3, -0.25) is 9.10 Å². The van der Waals surface area contributed by atoms with Crippen LogP contribution in [0.3, 0.4) is 0 Å². The summed E-state index contributed by atoms with van der Waals surface area (Å²) < 4.78 is 26.0. The van der Waals surface area contributed by atoms with E-state index in [0.717, 1.165) is 15.6 Å². The number of rotatable bonds is 5. The fraction of sp³-hybridized carbons (Fsp3) is 0.167. The molecule has 112 valence electrons. The Morgan fingerprint density at radius 3 is 2.71 bits per heavy atom. The average Bonchev–Trinajstić information content (AvgIpc) is 2.83. The molecule has 0 saturated heterocycles. The zero-order valence-corrected chi connectivity index (χ0v) is 13.2. The Morgan fingerprint density at radius 1 is 1.48 bits per heavy atom. The first-order valence-corrected chi connectivity index (χ1v) is 8.36. The van der Waals surface area contributed by atoms with Crippen LogP contribution < -0.4 is 4.31 Å². The van der Waals surface area contributed by atoms with Crippen LogP contribution in [0.2, 0.25) is 5.02 Å². The second kappa shape index (κ2) is 6.00. The number of sulfonamides is 1. The van der Waals surface area contributed by atoms with Crippen molar-refractivity contribution >= 4 is 44.6 Å². The number of anilines is 1. The van der Waals surface area contributed by atoms with E-state index in [0.29, 0.717) is 10.0 Å². The van der Waals surface area contributed by atoms with Crippen molar-refractivity contribution in [3.8, 4) is 0 Å². The highest BCUT2D eigenvalue weighted by Crippen LogP contribution is 2.28. The van der Waals surface area contributed by atoms with E-state index in [1.165, 1.54) is 18.3 Å². The topological polar surface area (TPSA) is 87.6 Å². The first-order valence-electron chi connectivity index (χ1n) is 5.73. The SMILES string of the molecule is Cc1ncc(S(=O)(=O)N(CC(=O)O)c2cccc(Cl)c2)s1. The monoisotopic (exact) mass is 346 g/mol. The number of aryl methyl sites for hydroxylation is 1. The number of benzene rings is 1. The predicted octanol–water partition coefficient (Wildman–Crippen LogP) is 2.38. The van der Waals surface area contributed by atoms with Gasteiger partial charge in [0.1, 0.15) is 6.54 Å². The molecule has 6 nitrogen and oxygen atoms in total. The quantitative estimate of drug-likeness (QED) is 0.898. The van der Waals surface area contributed by atoms with Gasteiger partial charge in [0.25, 0.3) is 10.0 Å². The predicted molar refractivity (Wildman–Crippen MR) is 80.5 cm³/mol. The highest BCUT2D eigenvalue weighted by Gasteiger charge is 2.29. The van der Waals surface area contributed by atoms with Gasteiger partial charge in [-0.2, -0.15) is 0 Å². The van der Waals surface area contributed by atoms with Crippen molar-refractivity contribution in [1.29, 1.82) is 0 Å². The van der Waals surface area contributed by atoms with E-state index in [1.54, 1.807) is 19.1 Å².